The molecule has 0 bridgehead atoms. The normalized spacial score (nSPS) is 17.6. The number of benzene rings is 1. The minimum absolute atomic E-state index is 0.000193. The molecule has 0 aromatic heterocycles. The van der Waals surface area contributed by atoms with Crippen LogP contribution in [-0.2, 0) is 4.79 Å². The summed E-state index contributed by atoms with van der Waals surface area (Å²) in [5, 5.41) is 0.134. The average molecular weight is 384 g/mol. The summed E-state index contributed by atoms with van der Waals surface area (Å²) in [6.45, 7) is 7.58. The molecule has 7 heteroatoms. The highest BCUT2D eigenvalue weighted by Gasteiger charge is 2.36. The van der Waals surface area contributed by atoms with Gasteiger partial charge in [-0.1, -0.05) is 18.5 Å². The molecule has 1 saturated heterocycles. The molecule has 1 fully saturated rings. The molecule has 1 heterocycles. The second-order valence-corrected chi connectivity index (χ2v) is 7.42. The highest BCUT2D eigenvalue weighted by Crippen LogP contribution is 2.39. The van der Waals surface area contributed by atoms with Gasteiger partial charge in [-0.05, 0) is 62.7 Å². The molecule has 136 valence electrons. The largest absolute Gasteiger partial charge is 0.493 e. The van der Waals surface area contributed by atoms with Crippen molar-refractivity contribution in [1.29, 1.82) is 0 Å². The van der Waals surface area contributed by atoms with Crippen LogP contribution in [0.3, 0.4) is 0 Å². The van der Waals surface area contributed by atoms with Crippen LogP contribution in [0.1, 0.15) is 39.7 Å². The number of hydrogen-bond acceptors (Lipinski definition) is 5. The molecule has 0 radical (unpaired) electrons. The average Bonchev–Trinajstić information content (AvgIpc) is 2.83. The predicted molar refractivity (Wildman–Crippen MR) is 101 cm³/mol. The van der Waals surface area contributed by atoms with E-state index in [1.165, 1.54) is 12.0 Å². The number of carbonyl (C=O) groups excluding carboxylic acids is 2. The predicted octanol–water partition coefficient (Wildman–Crippen LogP) is 4.97. The van der Waals surface area contributed by atoms with Crippen molar-refractivity contribution >= 4 is 40.6 Å². The van der Waals surface area contributed by atoms with E-state index in [4.69, 9.17) is 21.1 Å². The Morgan fingerprint density at radius 3 is 2.48 bits per heavy atom. The topological polar surface area (TPSA) is 55.8 Å². The van der Waals surface area contributed by atoms with E-state index in [2.05, 4.69) is 0 Å². The fraction of sp³-hybridized carbons (Fsp3) is 0.444. The minimum Gasteiger partial charge on any atom is -0.493 e. The quantitative estimate of drug-likeness (QED) is 0.649. The Kier molecular flexibility index (Phi) is 6.41. The number of hydrogen-bond donors (Lipinski definition) is 0. The van der Waals surface area contributed by atoms with E-state index in [0.29, 0.717) is 27.0 Å². The third kappa shape index (κ3) is 4.30. The van der Waals surface area contributed by atoms with Crippen LogP contribution < -0.4 is 9.47 Å². The van der Waals surface area contributed by atoms with Crippen LogP contribution in [-0.4, -0.2) is 35.3 Å². The maximum atomic E-state index is 12.4. The molecule has 1 aliphatic rings. The third-order valence-corrected chi connectivity index (χ3v) is 4.95. The molecule has 2 rings (SSSR count). The molecule has 0 saturated carbocycles. The standard InChI is InChI=1S/C18H22ClNO4S/c1-6-11(4)24-16-13(19)7-12(8-14(16)23-5)9-15-17(21)20(10(2)3)18(22)25-15/h7-11H,6H2,1-5H3/b15-9+/t11-/m1/s1. The highest BCUT2D eigenvalue weighted by molar-refractivity contribution is 8.18. The second-order valence-electron chi connectivity index (χ2n) is 6.02. The number of halogens is 1. The Morgan fingerprint density at radius 2 is 1.96 bits per heavy atom. The zero-order valence-corrected chi connectivity index (χ0v) is 16.5. The Labute approximate surface area is 157 Å². The summed E-state index contributed by atoms with van der Waals surface area (Å²) in [5.41, 5.74) is 0.674. The molecule has 5 nitrogen and oxygen atoms in total. The van der Waals surface area contributed by atoms with Crippen molar-refractivity contribution in [3.63, 3.8) is 0 Å². The molecular formula is C18H22ClNO4S. The van der Waals surface area contributed by atoms with Crippen LogP contribution in [0.2, 0.25) is 5.02 Å². The van der Waals surface area contributed by atoms with Gasteiger partial charge in [0.1, 0.15) is 0 Å². The second kappa shape index (κ2) is 8.15. The van der Waals surface area contributed by atoms with Crippen molar-refractivity contribution in [2.24, 2.45) is 0 Å². The molecule has 1 aromatic carbocycles. The van der Waals surface area contributed by atoms with Gasteiger partial charge in [0, 0.05) is 6.04 Å². The van der Waals surface area contributed by atoms with Gasteiger partial charge in [0.2, 0.25) is 0 Å². The maximum Gasteiger partial charge on any atom is 0.293 e. The third-order valence-electron chi connectivity index (χ3n) is 3.78. The summed E-state index contributed by atoms with van der Waals surface area (Å²) in [6.07, 6.45) is 2.48. The van der Waals surface area contributed by atoms with E-state index in [1.54, 1.807) is 32.1 Å². The van der Waals surface area contributed by atoms with Crippen LogP contribution >= 0.6 is 23.4 Å². The van der Waals surface area contributed by atoms with Gasteiger partial charge in [0.15, 0.2) is 11.5 Å². The lowest BCUT2D eigenvalue weighted by Gasteiger charge is -2.17. The Bertz CT molecular complexity index is 717. The molecule has 0 spiro atoms. The molecule has 0 aliphatic carbocycles. The van der Waals surface area contributed by atoms with E-state index in [0.717, 1.165) is 18.2 Å². The lowest BCUT2D eigenvalue weighted by molar-refractivity contribution is -0.123. The van der Waals surface area contributed by atoms with E-state index in [1.807, 2.05) is 13.8 Å². The van der Waals surface area contributed by atoms with E-state index in [-0.39, 0.29) is 23.3 Å². The van der Waals surface area contributed by atoms with Gasteiger partial charge in [-0.3, -0.25) is 14.5 Å². The summed E-state index contributed by atoms with van der Waals surface area (Å²) in [4.78, 5) is 26.0. The van der Waals surface area contributed by atoms with Crippen molar-refractivity contribution in [3.8, 4) is 11.5 Å². The first kappa shape index (κ1) is 19.7. The number of rotatable bonds is 6. The number of carbonyl (C=O) groups is 2. The van der Waals surface area contributed by atoms with Crippen LogP contribution in [0.25, 0.3) is 6.08 Å². The molecule has 0 N–H and O–H groups in total. The van der Waals surface area contributed by atoms with E-state index >= 15 is 0 Å². The van der Waals surface area contributed by atoms with Crippen molar-refractivity contribution in [2.45, 2.75) is 46.3 Å². The van der Waals surface area contributed by atoms with Gasteiger partial charge in [0.25, 0.3) is 11.1 Å². The molecule has 1 aliphatic heterocycles. The summed E-state index contributed by atoms with van der Waals surface area (Å²) >= 11 is 7.27. The first-order chi connectivity index (χ1) is 11.8. The Hall–Kier alpha value is -1.66. The molecular weight excluding hydrogens is 362 g/mol. The van der Waals surface area contributed by atoms with Crippen molar-refractivity contribution in [3.05, 3.63) is 27.6 Å². The van der Waals surface area contributed by atoms with Crippen molar-refractivity contribution in [1.82, 2.24) is 4.90 Å². The molecule has 2 amide bonds. The Balaban J connectivity index is 2.36. The lowest BCUT2D eigenvalue weighted by atomic mass is 10.1. The summed E-state index contributed by atoms with van der Waals surface area (Å²) in [5.74, 6) is 0.674. The molecule has 1 aromatic rings. The molecule has 1 atom stereocenters. The van der Waals surface area contributed by atoms with Crippen molar-refractivity contribution < 1.29 is 19.1 Å². The van der Waals surface area contributed by atoms with Crippen LogP contribution in [0.4, 0.5) is 4.79 Å². The summed E-state index contributed by atoms with van der Waals surface area (Å²) < 4.78 is 11.2. The van der Waals surface area contributed by atoms with E-state index in [9.17, 15) is 9.59 Å². The van der Waals surface area contributed by atoms with Gasteiger partial charge < -0.3 is 9.47 Å². The number of methoxy groups -OCH3 is 1. The van der Waals surface area contributed by atoms with Gasteiger partial charge in [-0.2, -0.15) is 0 Å². The number of imide groups is 1. The number of ether oxygens (including phenoxy) is 2. The van der Waals surface area contributed by atoms with Gasteiger partial charge in [-0.15, -0.1) is 0 Å². The number of thioether (sulfide) groups is 1. The monoisotopic (exact) mass is 383 g/mol. The lowest BCUT2D eigenvalue weighted by Crippen LogP contribution is -2.34. The van der Waals surface area contributed by atoms with Gasteiger partial charge in [0.05, 0.1) is 23.1 Å². The van der Waals surface area contributed by atoms with Crippen molar-refractivity contribution in [2.75, 3.05) is 7.11 Å². The van der Waals surface area contributed by atoms with Crippen LogP contribution in [0, 0.1) is 0 Å². The zero-order valence-electron chi connectivity index (χ0n) is 15.0. The fourth-order valence-corrected chi connectivity index (χ4v) is 3.52. The highest BCUT2D eigenvalue weighted by atomic mass is 35.5. The molecule has 0 unspecified atom stereocenters. The van der Waals surface area contributed by atoms with Gasteiger partial charge >= 0.3 is 0 Å². The first-order valence-corrected chi connectivity index (χ1v) is 9.29. The first-order valence-electron chi connectivity index (χ1n) is 8.09. The van der Waals surface area contributed by atoms with Gasteiger partial charge in [-0.25, -0.2) is 0 Å². The minimum atomic E-state index is -0.292. The zero-order chi connectivity index (χ0) is 18.7. The maximum absolute atomic E-state index is 12.4. The van der Waals surface area contributed by atoms with E-state index < -0.39 is 0 Å². The van der Waals surface area contributed by atoms with Crippen LogP contribution in [0.15, 0.2) is 17.0 Å². The number of amides is 2. The fourth-order valence-electron chi connectivity index (χ4n) is 2.30. The summed E-state index contributed by atoms with van der Waals surface area (Å²) in [7, 11) is 1.53. The molecule has 25 heavy (non-hydrogen) atoms. The van der Waals surface area contributed by atoms with Crippen LogP contribution in [0.5, 0.6) is 11.5 Å². The Morgan fingerprint density at radius 1 is 1.28 bits per heavy atom. The SMILES string of the molecule is CC[C@@H](C)Oc1c(Cl)cc(/C=C2/SC(=O)N(C(C)C)C2=O)cc1OC. The smallest absolute Gasteiger partial charge is 0.293 e. The summed E-state index contributed by atoms with van der Waals surface area (Å²) in [6, 6.07) is 3.26. The number of nitrogens with zero attached hydrogens (tertiary/aromatic N) is 1.